The lowest BCUT2D eigenvalue weighted by Crippen LogP contribution is -2.48. The first kappa shape index (κ1) is 13.1. The number of pyridine rings is 1. The summed E-state index contributed by atoms with van der Waals surface area (Å²) in [5.41, 5.74) is 1.59. The first-order chi connectivity index (χ1) is 9.74. The van der Waals surface area contributed by atoms with Crippen LogP contribution in [0.1, 0.15) is 16.1 Å². The van der Waals surface area contributed by atoms with Gasteiger partial charge in [-0.3, -0.25) is 9.78 Å². The number of amides is 1. The van der Waals surface area contributed by atoms with Crippen molar-refractivity contribution in [3.8, 4) is 0 Å². The zero-order chi connectivity index (χ0) is 13.9. The number of anilines is 1. The number of piperazine rings is 1. The number of carbonyl (C=O) groups excluding carboxylic acids is 1. The van der Waals surface area contributed by atoms with Crippen LogP contribution >= 0.6 is 11.3 Å². The fourth-order valence-corrected chi connectivity index (χ4v) is 2.95. The van der Waals surface area contributed by atoms with Crippen LogP contribution in [0.3, 0.4) is 0 Å². The minimum Gasteiger partial charge on any atom is -0.345 e. The Hall–Kier alpha value is -1.95. The number of hydrogen-bond donors (Lipinski definition) is 0. The molecule has 0 saturated carbocycles. The Labute approximate surface area is 121 Å². The summed E-state index contributed by atoms with van der Waals surface area (Å²) >= 11 is 1.64. The van der Waals surface area contributed by atoms with E-state index in [4.69, 9.17) is 0 Å². The van der Waals surface area contributed by atoms with Crippen molar-refractivity contribution in [1.29, 1.82) is 0 Å². The van der Waals surface area contributed by atoms with E-state index in [0.717, 1.165) is 37.0 Å². The van der Waals surface area contributed by atoms with E-state index in [2.05, 4.69) is 14.9 Å². The van der Waals surface area contributed by atoms with Crippen LogP contribution < -0.4 is 4.90 Å². The summed E-state index contributed by atoms with van der Waals surface area (Å²) in [4.78, 5) is 25.0. The molecule has 2 aromatic rings. The van der Waals surface area contributed by atoms with Gasteiger partial charge in [-0.25, -0.2) is 4.98 Å². The predicted molar refractivity (Wildman–Crippen MR) is 79.2 cm³/mol. The van der Waals surface area contributed by atoms with Gasteiger partial charge in [0.15, 0.2) is 5.13 Å². The van der Waals surface area contributed by atoms with Crippen molar-refractivity contribution in [2.24, 2.45) is 0 Å². The third kappa shape index (κ3) is 2.65. The van der Waals surface area contributed by atoms with Gasteiger partial charge in [-0.1, -0.05) is 0 Å². The second-order valence-corrected chi connectivity index (χ2v) is 5.66. The fraction of sp³-hybridized carbons (Fsp3) is 0.357. The third-order valence-corrected chi connectivity index (χ3v) is 4.25. The minimum absolute atomic E-state index is 0.0660. The number of hydrogen-bond acceptors (Lipinski definition) is 5. The molecule has 1 aliphatic heterocycles. The molecule has 0 radical (unpaired) electrons. The summed E-state index contributed by atoms with van der Waals surface area (Å²) < 4.78 is 0. The van der Waals surface area contributed by atoms with Crippen LogP contribution in [0.25, 0.3) is 0 Å². The second kappa shape index (κ2) is 5.58. The van der Waals surface area contributed by atoms with Crippen molar-refractivity contribution < 1.29 is 4.79 Å². The van der Waals surface area contributed by atoms with Gasteiger partial charge in [0.2, 0.25) is 0 Å². The molecule has 1 saturated heterocycles. The van der Waals surface area contributed by atoms with Crippen LogP contribution in [-0.2, 0) is 0 Å². The highest BCUT2D eigenvalue weighted by molar-refractivity contribution is 7.13. The zero-order valence-corrected chi connectivity index (χ0v) is 12.1. The molecule has 20 heavy (non-hydrogen) atoms. The molecule has 0 aliphatic carbocycles. The number of nitrogens with zero attached hydrogens (tertiary/aromatic N) is 4. The third-order valence-electron chi connectivity index (χ3n) is 3.42. The molecule has 0 atom stereocenters. The zero-order valence-electron chi connectivity index (χ0n) is 11.3. The Balaban J connectivity index is 1.63. The highest BCUT2D eigenvalue weighted by Crippen LogP contribution is 2.19. The highest BCUT2D eigenvalue weighted by Gasteiger charge is 2.23. The summed E-state index contributed by atoms with van der Waals surface area (Å²) in [6, 6.07) is 3.72. The maximum absolute atomic E-state index is 12.4. The topological polar surface area (TPSA) is 49.3 Å². The highest BCUT2D eigenvalue weighted by atomic mass is 32.1. The molecule has 0 spiro atoms. The average molecular weight is 288 g/mol. The first-order valence-electron chi connectivity index (χ1n) is 6.60. The number of aryl methyl sites for hydroxylation is 1. The van der Waals surface area contributed by atoms with E-state index < -0.39 is 0 Å². The summed E-state index contributed by atoms with van der Waals surface area (Å²) in [6.45, 7) is 5.04. The summed E-state index contributed by atoms with van der Waals surface area (Å²) in [5.74, 6) is 0.0660. The van der Waals surface area contributed by atoms with Crippen LogP contribution in [0.4, 0.5) is 5.13 Å². The molecule has 1 fully saturated rings. The number of aromatic nitrogens is 2. The van der Waals surface area contributed by atoms with Crippen LogP contribution in [0.2, 0.25) is 0 Å². The molecular formula is C14H16N4OS. The molecule has 3 rings (SSSR count). The van der Waals surface area contributed by atoms with Crippen LogP contribution in [0, 0.1) is 6.92 Å². The molecule has 0 bridgehead atoms. The summed E-state index contributed by atoms with van der Waals surface area (Å²) in [5, 5.41) is 3.01. The maximum Gasteiger partial charge on any atom is 0.255 e. The lowest BCUT2D eigenvalue weighted by Gasteiger charge is -2.34. The van der Waals surface area contributed by atoms with Crippen LogP contribution in [0.5, 0.6) is 0 Å². The van der Waals surface area contributed by atoms with E-state index >= 15 is 0 Å². The van der Waals surface area contributed by atoms with Gasteiger partial charge in [-0.05, 0) is 19.1 Å². The van der Waals surface area contributed by atoms with Gasteiger partial charge in [0, 0.05) is 49.6 Å². The van der Waals surface area contributed by atoms with E-state index in [-0.39, 0.29) is 5.91 Å². The SMILES string of the molecule is Cc1ccc(C(=O)N2CCN(c3nccs3)CC2)cn1. The van der Waals surface area contributed by atoms with Gasteiger partial charge in [-0.15, -0.1) is 11.3 Å². The number of thiazole rings is 1. The van der Waals surface area contributed by atoms with Gasteiger partial charge < -0.3 is 9.80 Å². The van der Waals surface area contributed by atoms with E-state index in [1.807, 2.05) is 35.5 Å². The van der Waals surface area contributed by atoms with Gasteiger partial charge in [0.05, 0.1) is 5.56 Å². The van der Waals surface area contributed by atoms with Crippen molar-refractivity contribution in [3.05, 3.63) is 41.2 Å². The summed E-state index contributed by atoms with van der Waals surface area (Å²) in [6.07, 6.45) is 3.47. The van der Waals surface area contributed by atoms with Crippen LogP contribution in [0.15, 0.2) is 29.9 Å². The Bertz CT molecular complexity index is 574. The largest absolute Gasteiger partial charge is 0.345 e. The predicted octanol–water partition coefficient (Wildman–Crippen LogP) is 1.81. The molecule has 2 aromatic heterocycles. The van der Waals surface area contributed by atoms with Crippen LogP contribution in [-0.4, -0.2) is 47.0 Å². The van der Waals surface area contributed by atoms with E-state index in [0.29, 0.717) is 5.56 Å². The maximum atomic E-state index is 12.4. The van der Waals surface area contributed by atoms with Gasteiger partial charge in [0.25, 0.3) is 5.91 Å². The Morgan fingerprint density at radius 1 is 1.20 bits per heavy atom. The number of carbonyl (C=O) groups is 1. The van der Waals surface area contributed by atoms with Crippen molar-refractivity contribution >= 4 is 22.4 Å². The lowest BCUT2D eigenvalue weighted by atomic mass is 10.2. The molecule has 1 aliphatic rings. The van der Waals surface area contributed by atoms with E-state index in [1.165, 1.54) is 0 Å². The molecule has 0 aromatic carbocycles. The fourth-order valence-electron chi connectivity index (χ4n) is 2.25. The monoisotopic (exact) mass is 288 g/mol. The Morgan fingerprint density at radius 2 is 2.00 bits per heavy atom. The summed E-state index contributed by atoms with van der Waals surface area (Å²) in [7, 11) is 0. The Kier molecular flexibility index (Phi) is 3.64. The molecule has 104 valence electrons. The number of rotatable bonds is 2. The van der Waals surface area contributed by atoms with E-state index in [1.54, 1.807) is 17.5 Å². The standard InChI is InChI=1S/C14H16N4OS/c1-11-2-3-12(10-16-11)13(19)17-5-7-18(8-6-17)14-15-4-9-20-14/h2-4,9-10H,5-8H2,1H3. The quantitative estimate of drug-likeness (QED) is 0.845. The molecule has 0 unspecified atom stereocenters. The molecule has 0 N–H and O–H groups in total. The molecule has 3 heterocycles. The first-order valence-corrected chi connectivity index (χ1v) is 7.48. The van der Waals surface area contributed by atoms with Crippen molar-refractivity contribution in [2.75, 3.05) is 31.1 Å². The second-order valence-electron chi connectivity index (χ2n) is 4.78. The Morgan fingerprint density at radius 3 is 2.60 bits per heavy atom. The van der Waals surface area contributed by atoms with Crippen molar-refractivity contribution in [3.63, 3.8) is 0 Å². The molecule has 5 nitrogen and oxygen atoms in total. The van der Waals surface area contributed by atoms with E-state index in [9.17, 15) is 4.79 Å². The normalized spacial score (nSPS) is 15.4. The van der Waals surface area contributed by atoms with Gasteiger partial charge in [-0.2, -0.15) is 0 Å². The lowest BCUT2D eigenvalue weighted by molar-refractivity contribution is 0.0746. The molecular weight excluding hydrogens is 272 g/mol. The van der Waals surface area contributed by atoms with Crippen molar-refractivity contribution in [2.45, 2.75) is 6.92 Å². The average Bonchev–Trinajstić information content (AvgIpc) is 3.02. The van der Waals surface area contributed by atoms with Gasteiger partial charge in [0.1, 0.15) is 0 Å². The minimum atomic E-state index is 0.0660. The van der Waals surface area contributed by atoms with Crippen molar-refractivity contribution in [1.82, 2.24) is 14.9 Å². The van der Waals surface area contributed by atoms with Gasteiger partial charge >= 0.3 is 0 Å². The smallest absolute Gasteiger partial charge is 0.255 e. The molecule has 1 amide bonds. The molecule has 6 heteroatoms.